The van der Waals surface area contributed by atoms with Gasteiger partial charge in [-0.05, 0) is 0 Å². The number of rotatable bonds is 0. The number of carbonyl (C=O) groups excluding carboxylic acids is 3. The minimum atomic E-state index is -4.00. The molecule has 0 radical (unpaired) electrons. The molecule has 0 bridgehead atoms. The second kappa shape index (κ2) is 2.86. The van der Waals surface area contributed by atoms with E-state index in [9.17, 15) is 14.4 Å². The van der Waals surface area contributed by atoms with E-state index in [4.69, 9.17) is 9.58 Å². The van der Waals surface area contributed by atoms with Crippen LogP contribution in [0.4, 0.5) is 0 Å². The van der Waals surface area contributed by atoms with Gasteiger partial charge in [0.25, 0.3) is 0 Å². The molecule has 0 rings (SSSR count). The second-order valence-electron chi connectivity index (χ2n) is 0.729. The fourth-order valence-corrected chi connectivity index (χ4v) is 0.280. The Morgan fingerprint density at radius 2 is 1.25 bits per heavy atom. The molecule has 0 aliphatic carbocycles. The van der Waals surface area contributed by atoms with E-state index in [2.05, 4.69) is 0 Å². The van der Waals surface area contributed by atoms with Crippen molar-refractivity contribution in [1.82, 2.24) is 0 Å². The monoisotopic (exact) mass is 216 g/mol. The van der Waals surface area contributed by atoms with E-state index >= 15 is 0 Å². The predicted octanol–water partition coefficient (Wildman–Crippen LogP) is -0.504. The molecule has 0 saturated heterocycles. The standard InChI is InChI=1S/3CO.ClH.Tc/c3*1-2;;/h;;;1H;/q;;;;+1/p-1. The summed E-state index contributed by atoms with van der Waals surface area (Å²) < 4.78 is 3.38. The van der Waals surface area contributed by atoms with Gasteiger partial charge >= 0.3 is 50.1 Å². The van der Waals surface area contributed by atoms with Gasteiger partial charge in [-0.3, -0.25) is 0 Å². The van der Waals surface area contributed by atoms with Crippen LogP contribution in [0.25, 0.3) is 0 Å². The first-order valence-corrected chi connectivity index (χ1v) is 6.50. The number of halogens is 1. The minimum absolute atomic E-state index is 1.13. The number of hydrogen-bond donors (Lipinski definition) is 0. The Labute approximate surface area is 50.4 Å². The molecule has 0 amide bonds. The molecular weight excluding hydrogens is 217 g/mol. The van der Waals surface area contributed by atoms with E-state index in [1.54, 1.807) is 0 Å². The zero-order valence-electron chi connectivity index (χ0n) is 3.48. The molecule has 0 N–H and O–H groups in total. The second-order valence-corrected chi connectivity index (χ2v) is 6.85. The first-order chi connectivity index (χ1) is 3.68. The van der Waals surface area contributed by atoms with Crippen LogP contribution < -0.4 is 0 Å². The summed E-state index contributed by atoms with van der Waals surface area (Å²) in [6, 6.07) is 0. The normalized spacial score (nSPS) is 8.62. The van der Waals surface area contributed by atoms with Crippen molar-refractivity contribution in [2.24, 2.45) is 0 Å². The SMILES string of the molecule is O=[C]=[Tc]([Cl])(=[C]=O)=[C]=O. The Bertz CT molecular complexity index is 276. The molecular formula is C3ClO3Tc. The first-order valence-electron chi connectivity index (χ1n) is 1.32. The van der Waals surface area contributed by atoms with E-state index in [0.717, 1.165) is 13.2 Å². The van der Waals surface area contributed by atoms with Crippen molar-refractivity contribution in [2.45, 2.75) is 0 Å². The Kier molecular flexibility index (Phi) is 2.75. The van der Waals surface area contributed by atoms with Crippen molar-refractivity contribution in [3.63, 3.8) is 0 Å². The van der Waals surface area contributed by atoms with Gasteiger partial charge in [-0.15, -0.1) is 0 Å². The summed E-state index contributed by atoms with van der Waals surface area (Å²) in [5.41, 5.74) is 0. The number of hydrogen-bond acceptors (Lipinski definition) is 3. The van der Waals surface area contributed by atoms with Crippen molar-refractivity contribution in [1.29, 1.82) is 0 Å². The van der Waals surface area contributed by atoms with Gasteiger partial charge in [0.1, 0.15) is 0 Å². The predicted molar refractivity (Wildman–Crippen MR) is 22.9 cm³/mol. The summed E-state index contributed by atoms with van der Waals surface area (Å²) >= 11 is -4.00. The van der Waals surface area contributed by atoms with Crippen LogP contribution in [0.5, 0.6) is 0 Å². The summed E-state index contributed by atoms with van der Waals surface area (Å²) in [5.74, 6) is 0. The molecule has 44 valence electrons. The van der Waals surface area contributed by atoms with Crippen molar-refractivity contribution >= 4 is 22.8 Å². The van der Waals surface area contributed by atoms with Gasteiger partial charge in [0, 0.05) is 0 Å². The van der Waals surface area contributed by atoms with Crippen LogP contribution in [0, 0.1) is 0 Å². The summed E-state index contributed by atoms with van der Waals surface area (Å²) in [7, 11) is 5.00. The van der Waals surface area contributed by atoms with Crippen LogP contribution in [0.2, 0.25) is 0 Å². The quantitative estimate of drug-likeness (QED) is 0.549. The van der Waals surface area contributed by atoms with Crippen molar-refractivity contribution < 1.29 is 27.3 Å². The van der Waals surface area contributed by atoms with Crippen LogP contribution in [0.1, 0.15) is 0 Å². The third-order valence-corrected chi connectivity index (χ3v) is 2.92. The van der Waals surface area contributed by atoms with Gasteiger partial charge < -0.3 is 0 Å². The van der Waals surface area contributed by atoms with E-state index < -0.39 is 12.9 Å². The molecule has 0 aliphatic heterocycles. The summed E-state index contributed by atoms with van der Waals surface area (Å²) in [6.07, 6.45) is 0. The average Bonchev–Trinajstić information content (AvgIpc) is 1.87. The van der Waals surface area contributed by atoms with Crippen LogP contribution in [0.15, 0.2) is 0 Å². The molecule has 0 unspecified atom stereocenters. The molecule has 0 fully saturated rings. The fourth-order valence-electron chi connectivity index (χ4n) is 0.0472. The van der Waals surface area contributed by atoms with E-state index in [1.807, 2.05) is 0 Å². The Morgan fingerprint density at radius 3 is 1.25 bits per heavy atom. The van der Waals surface area contributed by atoms with E-state index in [-0.39, 0.29) is 0 Å². The molecule has 0 atom stereocenters. The Hall–Kier alpha value is -0.321. The van der Waals surface area contributed by atoms with Crippen LogP contribution in [0.3, 0.4) is 0 Å². The van der Waals surface area contributed by atoms with Crippen molar-refractivity contribution in [2.75, 3.05) is 0 Å². The molecule has 5 heteroatoms. The van der Waals surface area contributed by atoms with Gasteiger partial charge in [-0.1, -0.05) is 0 Å². The molecule has 0 aliphatic rings. The van der Waals surface area contributed by atoms with E-state index in [0.29, 0.717) is 0 Å². The van der Waals surface area contributed by atoms with E-state index in [1.165, 1.54) is 0 Å². The molecule has 0 aromatic rings. The average molecular weight is 217 g/mol. The Morgan fingerprint density at radius 1 is 1.00 bits per heavy atom. The van der Waals surface area contributed by atoms with Gasteiger partial charge in [0.05, 0.1) is 0 Å². The summed E-state index contributed by atoms with van der Waals surface area (Å²) in [4.78, 5) is 28.8. The van der Waals surface area contributed by atoms with Gasteiger partial charge in [0.15, 0.2) is 0 Å². The molecule has 0 heterocycles. The first kappa shape index (κ1) is 7.68. The zero-order valence-corrected chi connectivity index (χ0v) is 6.09. The zero-order chi connectivity index (χ0) is 6.62. The molecule has 3 nitrogen and oxygen atoms in total. The topological polar surface area (TPSA) is 51.2 Å². The summed E-state index contributed by atoms with van der Waals surface area (Å²) in [6.45, 7) is 0. The van der Waals surface area contributed by atoms with Crippen molar-refractivity contribution in [3.05, 3.63) is 0 Å². The fraction of sp³-hybridized carbons (Fsp3) is 0. The molecule has 0 saturated carbocycles. The van der Waals surface area contributed by atoms with Crippen LogP contribution in [-0.2, 0) is 27.3 Å². The maximum absolute atomic E-state index is 9.59. The third kappa shape index (κ3) is 1.65. The van der Waals surface area contributed by atoms with Gasteiger partial charge in [-0.25, -0.2) is 0 Å². The van der Waals surface area contributed by atoms with Gasteiger partial charge in [0.2, 0.25) is 0 Å². The Balaban J connectivity index is 6.52. The van der Waals surface area contributed by atoms with Gasteiger partial charge in [-0.2, -0.15) is 0 Å². The summed E-state index contributed by atoms with van der Waals surface area (Å²) in [5, 5.41) is 0. The molecule has 8 heavy (non-hydrogen) atoms. The molecule has 0 aromatic carbocycles. The van der Waals surface area contributed by atoms with Crippen LogP contribution in [-0.4, -0.2) is 13.2 Å². The van der Waals surface area contributed by atoms with Crippen LogP contribution >= 0.6 is 9.58 Å². The third-order valence-electron chi connectivity index (χ3n) is 0.319. The maximum atomic E-state index is 9.59. The van der Waals surface area contributed by atoms with Crippen molar-refractivity contribution in [3.8, 4) is 0 Å². The molecule has 0 spiro atoms. The molecule has 0 aromatic heterocycles.